The Balaban J connectivity index is 2.77. The summed E-state index contributed by atoms with van der Waals surface area (Å²) in [6.45, 7) is 9.83. The highest BCUT2D eigenvalue weighted by atomic mass is 15.1. The Bertz CT molecular complexity index is 316. The van der Waals surface area contributed by atoms with E-state index in [1.165, 1.54) is 17.7 Å². The van der Waals surface area contributed by atoms with E-state index in [1.54, 1.807) is 0 Å². The summed E-state index contributed by atoms with van der Waals surface area (Å²) in [6.07, 6.45) is 2.13. The van der Waals surface area contributed by atoms with E-state index >= 15 is 0 Å². The third-order valence-electron chi connectivity index (χ3n) is 3.29. The number of rotatable bonds is 6. The van der Waals surface area contributed by atoms with Crippen LogP contribution in [0, 0.1) is 0 Å². The molecule has 0 bridgehead atoms. The molecule has 0 radical (unpaired) electrons. The molecule has 0 aliphatic rings. The zero-order valence-electron chi connectivity index (χ0n) is 11.6. The van der Waals surface area contributed by atoms with Crippen LogP contribution in [-0.4, -0.2) is 18.6 Å². The maximum absolute atomic E-state index is 5.81. The second-order valence-corrected chi connectivity index (χ2v) is 4.89. The SMILES string of the molecule is CCC(C)N(CC)c1ccc(CC(C)N)cc1. The first kappa shape index (κ1) is 14.0. The first-order valence-corrected chi connectivity index (χ1v) is 6.69. The number of nitrogens with zero attached hydrogens (tertiary/aromatic N) is 1. The smallest absolute Gasteiger partial charge is 0.0368 e. The van der Waals surface area contributed by atoms with Crippen LogP contribution in [0.3, 0.4) is 0 Å². The predicted octanol–water partition coefficient (Wildman–Crippen LogP) is 3.20. The van der Waals surface area contributed by atoms with Crippen molar-refractivity contribution in [2.45, 2.75) is 52.6 Å². The Labute approximate surface area is 106 Å². The van der Waals surface area contributed by atoms with E-state index in [0.29, 0.717) is 6.04 Å². The quantitative estimate of drug-likeness (QED) is 0.819. The molecular formula is C15H26N2. The molecule has 0 saturated heterocycles. The monoisotopic (exact) mass is 234 g/mol. The average Bonchev–Trinajstić information content (AvgIpc) is 2.31. The second kappa shape index (κ2) is 6.65. The molecule has 0 aromatic heterocycles. The highest BCUT2D eigenvalue weighted by Crippen LogP contribution is 2.19. The lowest BCUT2D eigenvalue weighted by Gasteiger charge is -2.29. The molecule has 0 heterocycles. The van der Waals surface area contributed by atoms with Crippen molar-refractivity contribution in [3.05, 3.63) is 29.8 Å². The molecule has 0 aliphatic carbocycles. The summed E-state index contributed by atoms with van der Waals surface area (Å²) in [5.41, 5.74) is 8.45. The number of anilines is 1. The number of hydrogen-bond acceptors (Lipinski definition) is 2. The Morgan fingerprint density at radius 1 is 1.12 bits per heavy atom. The highest BCUT2D eigenvalue weighted by molar-refractivity contribution is 5.48. The van der Waals surface area contributed by atoms with Gasteiger partial charge < -0.3 is 10.6 Å². The van der Waals surface area contributed by atoms with Crippen molar-refractivity contribution in [1.29, 1.82) is 0 Å². The van der Waals surface area contributed by atoms with E-state index in [2.05, 4.69) is 49.9 Å². The molecule has 0 fully saturated rings. The van der Waals surface area contributed by atoms with Gasteiger partial charge in [0.15, 0.2) is 0 Å². The van der Waals surface area contributed by atoms with Crippen LogP contribution in [0.2, 0.25) is 0 Å². The predicted molar refractivity (Wildman–Crippen MR) is 76.6 cm³/mol. The fraction of sp³-hybridized carbons (Fsp3) is 0.600. The van der Waals surface area contributed by atoms with Crippen LogP contribution in [0.15, 0.2) is 24.3 Å². The topological polar surface area (TPSA) is 29.3 Å². The van der Waals surface area contributed by atoms with Crippen molar-refractivity contribution in [3.63, 3.8) is 0 Å². The number of nitrogens with two attached hydrogens (primary N) is 1. The largest absolute Gasteiger partial charge is 0.369 e. The van der Waals surface area contributed by atoms with Crippen LogP contribution in [0.5, 0.6) is 0 Å². The molecule has 1 rings (SSSR count). The van der Waals surface area contributed by atoms with E-state index in [1.807, 2.05) is 6.92 Å². The summed E-state index contributed by atoms with van der Waals surface area (Å²) in [7, 11) is 0. The van der Waals surface area contributed by atoms with Crippen LogP contribution in [0.25, 0.3) is 0 Å². The summed E-state index contributed by atoms with van der Waals surface area (Å²) in [6, 6.07) is 9.66. The van der Waals surface area contributed by atoms with Crippen LogP contribution >= 0.6 is 0 Å². The normalized spacial score (nSPS) is 14.4. The van der Waals surface area contributed by atoms with Crippen molar-refractivity contribution < 1.29 is 0 Å². The fourth-order valence-corrected chi connectivity index (χ4v) is 2.16. The standard InChI is InChI=1S/C15H26N2/c1-5-13(4)17(6-2)15-9-7-14(8-10-15)11-12(3)16/h7-10,12-13H,5-6,11,16H2,1-4H3. The van der Waals surface area contributed by atoms with E-state index in [-0.39, 0.29) is 6.04 Å². The Morgan fingerprint density at radius 2 is 1.71 bits per heavy atom. The first-order chi connectivity index (χ1) is 8.08. The summed E-state index contributed by atoms with van der Waals surface area (Å²) in [5.74, 6) is 0. The molecule has 0 amide bonds. The Morgan fingerprint density at radius 3 is 2.12 bits per heavy atom. The van der Waals surface area contributed by atoms with Crippen molar-refractivity contribution in [2.75, 3.05) is 11.4 Å². The molecule has 2 atom stereocenters. The minimum Gasteiger partial charge on any atom is -0.369 e. The molecule has 96 valence electrons. The van der Waals surface area contributed by atoms with E-state index < -0.39 is 0 Å². The Hall–Kier alpha value is -1.02. The van der Waals surface area contributed by atoms with Gasteiger partial charge in [-0.1, -0.05) is 19.1 Å². The average molecular weight is 234 g/mol. The van der Waals surface area contributed by atoms with Gasteiger partial charge in [0.25, 0.3) is 0 Å². The van der Waals surface area contributed by atoms with Gasteiger partial charge >= 0.3 is 0 Å². The number of hydrogen-bond donors (Lipinski definition) is 1. The van der Waals surface area contributed by atoms with Gasteiger partial charge in [0.05, 0.1) is 0 Å². The molecular weight excluding hydrogens is 208 g/mol. The van der Waals surface area contributed by atoms with Crippen molar-refractivity contribution in [3.8, 4) is 0 Å². The van der Waals surface area contributed by atoms with Crippen LogP contribution < -0.4 is 10.6 Å². The third kappa shape index (κ3) is 4.04. The lowest BCUT2D eigenvalue weighted by molar-refractivity contribution is 0.630. The van der Waals surface area contributed by atoms with Crippen molar-refractivity contribution in [2.24, 2.45) is 5.73 Å². The summed E-state index contributed by atoms with van der Waals surface area (Å²) in [5, 5.41) is 0. The first-order valence-electron chi connectivity index (χ1n) is 6.69. The maximum atomic E-state index is 5.81. The van der Waals surface area contributed by atoms with E-state index in [9.17, 15) is 0 Å². The molecule has 2 heteroatoms. The van der Waals surface area contributed by atoms with Crippen molar-refractivity contribution >= 4 is 5.69 Å². The lowest BCUT2D eigenvalue weighted by Crippen LogP contribution is -2.32. The van der Waals surface area contributed by atoms with Crippen LogP contribution in [0.4, 0.5) is 5.69 Å². The molecule has 1 aromatic carbocycles. The highest BCUT2D eigenvalue weighted by Gasteiger charge is 2.10. The van der Waals surface area contributed by atoms with Gasteiger partial charge in [-0.05, 0) is 51.3 Å². The van der Waals surface area contributed by atoms with E-state index in [4.69, 9.17) is 5.73 Å². The van der Waals surface area contributed by atoms with Crippen LogP contribution in [-0.2, 0) is 6.42 Å². The molecule has 2 nitrogen and oxygen atoms in total. The zero-order chi connectivity index (χ0) is 12.8. The lowest BCUT2D eigenvalue weighted by atomic mass is 10.1. The molecule has 17 heavy (non-hydrogen) atoms. The van der Waals surface area contributed by atoms with Gasteiger partial charge in [0, 0.05) is 24.3 Å². The summed E-state index contributed by atoms with van der Waals surface area (Å²) < 4.78 is 0. The molecule has 0 saturated carbocycles. The summed E-state index contributed by atoms with van der Waals surface area (Å²) in [4.78, 5) is 2.44. The molecule has 2 N–H and O–H groups in total. The van der Waals surface area contributed by atoms with Gasteiger partial charge in [-0.2, -0.15) is 0 Å². The number of benzene rings is 1. The minimum atomic E-state index is 0.234. The Kier molecular flexibility index (Phi) is 5.49. The molecule has 1 aromatic rings. The molecule has 0 aliphatic heterocycles. The second-order valence-electron chi connectivity index (χ2n) is 4.89. The van der Waals surface area contributed by atoms with Gasteiger partial charge in [-0.3, -0.25) is 0 Å². The van der Waals surface area contributed by atoms with Gasteiger partial charge in [0.1, 0.15) is 0 Å². The molecule has 0 spiro atoms. The van der Waals surface area contributed by atoms with Gasteiger partial charge in [-0.25, -0.2) is 0 Å². The van der Waals surface area contributed by atoms with Crippen LogP contribution in [0.1, 0.15) is 39.7 Å². The maximum Gasteiger partial charge on any atom is 0.0368 e. The van der Waals surface area contributed by atoms with Gasteiger partial charge in [0.2, 0.25) is 0 Å². The minimum absolute atomic E-state index is 0.234. The third-order valence-corrected chi connectivity index (χ3v) is 3.29. The fourth-order valence-electron chi connectivity index (χ4n) is 2.16. The zero-order valence-corrected chi connectivity index (χ0v) is 11.6. The molecule has 2 unspecified atom stereocenters. The van der Waals surface area contributed by atoms with Crippen molar-refractivity contribution in [1.82, 2.24) is 0 Å². The van der Waals surface area contributed by atoms with Gasteiger partial charge in [-0.15, -0.1) is 0 Å². The summed E-state index contributed by atoms with van der Waals surface area (Å²) >= 11 is 0. The van der Waals surface area contributed by atoms with E-state index in [0.717, 1.165) is 13.0 Å².